The Morgan fingerprint density at radius 2 is 2.00 bits per heavy atom. The van der Waals surface area contributed by atoms with Crippen molar-refractivity contribution in [2.45, 2.75) is 58.1 Å². The van der Waals surface area contributed by atoms with Crippen molar-refractivity contribution in [3.63, 3.8) is 0 Å². The molecule has 0 aliphatic heterocycles. The van der Waals surface area contributed by atoms with E-state index in [4.69, 9.17) is 9.73 Å². The number of rotatable bonds is 6. The molecule has 0 heterocycles. The van der Waals surface area contributed by atoms with Gasteiger partial charge in [-0.05, 0) is 63.1 Å². The molecule has 0 atom stereocenters. The Balaban J connectivity index is 0.00000312. The molecule has 0 bridgehead atoms. The van der Waals surface area contributed by atoms with Crippen LogP contribution in [0.25, 0.3) is 0 Å². The molecule has 25 heavy (non-hydrogen) atoms. The summed E-state index contributed by atoms with van der Waals surface area (Å²) in [6.45, 7) is 5.71. The third-order valence-corrected chi connectivity index (χ3v) is 4.52. The van der Waals surface area contributed by atoms with E-state index in [0.29, 0.717) is 6.04 Å². The molecular formula is C19H32IN3O2. The van der Waals surface area contributed by atoms with Gasteiger partial charge in [0.15, 0.2) is 5.96 Å². The van der Waals surface area contributed by atoms with Gasteiger partial charge in [0.05, 0.1) is 13.2 Å². The monoisotopic (exact) mass is 461 g/mol. The minimum Gasteiger partial charge on any atom is -0.496 e. The Bertz CT molecular complexity index is 543. The van der Waals surface area contributed by atoms with Crippen LogP contribution in [-0.2, 0) is 6.42 Å². The lowest BCUT2D eigenvalue weighted by molar-refractivity contribution is 0.120. The third kappa shape index (κ3) is 7.40. The van der Waals surface area contributed by atoms with Gasteiger partial charge in [-0.3, -0.25) is 4.99 Å². The number of methoxy groups -OCH3 is 1. The lowest BCUT2D eigenvalue weighted by atomic mass is 9.93. The van der Waals surface area contributed by atoms with Crippen molar-refractivity contribution in [3.05, 3.63) is 29.3 Å². The molecule has 0 aromatic heterocycles. The van der Waals surface area contributed by atoms with Gasteiger partial charge < -0.3 is 20.5 Å². The van der Waals surface area contributed by atoms with Crippen molar-refractivity contribution >= 4 is 29.9 Å². The minimum atomic E-state index is -0.126. The van der Waals surface area contributed by atoms with Crippen molar-refractivity contribution < 1.29 is 9.84 Å². The quantitative estimate of drug-likeness (QED) is 0.346. The molecule has 1 aliphatic rings. The van der Waals surface area contributed by atoms with E-state index in [1.807, 2.05) is 0 Å². The van der Waals surface area contributed by atoms with Crippen LogP contribution >= 0.6 is 24.0 Å². The summed E-state index contributed by atoms with van der Waals surface area (Å²) in [5.41, 5.74) is 2.39. The number of aryl methyl sites for hydroxylation is 1. The van der Waals surface area contributed by atoms with Crippen molar-refractivity contribution in [2.75, 3.05) is 20.2 Å². The highest BCUT2D eigenvalue weighted by Gasteiger charge is 2.19. The number of ether oxygens (including phenoxy) is 1. The first-order chi connectivity index (χ1) is 11.6. The van der Waals surface area contributed by atoms with Gasteiger partial charge in [0.2, 0.25) is 0 Å². The van der Waals surface area contributed by atoms with Crippen LogP contribution in [0.5, 0.6) is 5.75 Å². The molecule has 1 aromatic rings. The Morgan fingerprint density at radius 1 is 1.28 bits per heavy atom. The summed E-state index contributed by atoms with van der Waals surface area (Å²) in [5.74, 6) is 1.81. The van der Waals surface area contributed by atoms with Crippen LogP contribution in [0.2, 0.25) is 0 Å². The van der Waals surface area contributed by atoms with Gasteiger partial charge in [-0.25, -0.2) is 0 Å². The molecule has 0 unspecified atom stereocenters. The first-order valence-corrected chi connectivity index (χ1v) is 8.98. The number of halogens is 1. The van der Waals surface area contributed by atoms with Crippen LogP contribution < -0.4 is 15.4 Å². The maximum atomic E-state index is 9.61. The summed E-state index contributed by atoms with van der Waals surface area (Å²) in [6, 6.07) is 6.73. The largest absolute Gasteiger partial charge is 0.496 e. The first kappa shape index (κ1) is 22.0. The van der Waals surface area contributed by atoms with E-state index in [9.17, 15) is 5.11 Å². The highest BCUT2D eigenvalue weighted by Crippen LogP contribution is 2.19. The molecule has 5 nitrogen and oxygen atoms in total. The standard InChI is InChI=1S/C19H31N3O2.HI/c1-4-20-19(22-16-7-9-17(23)10-8-16)21-12-11-15-6-5-14(2)18(13-15)24-3;/h5-6,13,16-17,23H,4,7-12H2,1-3H3,(H2,20,21,22);1H. The zero-order chi connectivity index (χ0) is 17.4. The van der Waals surface area contributed by atoms with E-state index in [1.54, 1.807) is 7.11 Å². The molecule has 1 aliphatic carbocycles. The van der Waals surface area contributed by atoms with Crippen molar-refractivity contribution in [1.29, 1.82) is 0 Å². The number of guanidine groups is 1. The number of nitrogens with zero attached hydrogens (tertiary/aromatic N) is 1. The topological polar surface area (TPSA) is 65.9 Å². The predicted octanol–water partition coefficient (Wildman–Crippen LogP) is 3.02. The van der Waals surface area contributed by atoms with E-state index in [1.165, 1.54) is 5.56 Å². The van der Waals surface area contributed by atoms with E-state index < -0.39 is 0 Å². The van der Waals surface area contributed by atoms with Crippen LogP contribution in [0, 0.1) is 6.92 Å². The van der Waals surface area contributed by atoms with Crippen LogP contribution in [0.15, 0.2) is 23.2 Å². The summed E-state index contributed by atoms with van der Waals surface area (Å²) < 4.78 is 5.38. The molecule has 142 valence electrons. The predicted molar refractivity (Wildman–Crippen MR) is 114 cm³/mol. The number of benzene rings is 1. The maximum Gasteiger partial charge on any atom is 0.191 e. The molecule has 0 amide bonds. The van der Waals surface area contributed by atoms with Gasteiger partial charge in [-0.1, -0.05) is 12.1 Å². The molecule has 3 N–H and O–H groups in total. The summed E-state index contributed by atoms with van der Waals surface area (Å²) in [5, 5.41) is 16.4. The average Bonchev–Trinajstić information content (AvgIpc) is 2.58. The van der Waals surface area contributed by atoms with Crippen LogP contribution in [-0.4, -0.2) is 43.4 Å². The summed E-state index contributed by atoms with van der Waals surface area (Å²) >= 11 is 0. The molecular weight excluding hydrogens is 429 g/mol. The van der Waals surface area contributed by atoms with Crippen LogP contribution in [0.4, 0.5) is 0 Å². The number of aliphatic imine (C=N–C) groups is 1. The fourth-order valence-electron chi connectivity index (χ4n) is 3.05. The van der Waals surface area contributed by atoms with Crippen molar-refractivity contribution in [2.24, 2.45) is 4.99 Å². The minimum absolute atomic E-state index is 0. The van der Waals surface area contributed by atoms with Gasteiger partial charge in [0, 0.05) is 19.1 Å². The van der Waals surface area contributed by atoms with Gasteiger partial charge in [0.25, 0.3) is 0 Å². The second kappa shape index (κ2) is 11.6. The molecule has 6 heteroatoms. The van der Waals surface area contributed by atoms with Gasteiger partial charge in [-0.15, -0.1) is 24.0 Å². The molecule has 1 fully saturated rings. The zero-order valence-corrected chi connectivity index (χ0v) is 17.9. The number of hydrogen-bond acceptors (Lipinski definition) is 3. The maximum absolute atomic E-state index is 9.61. The Hall–Kier alpha value is -1.02. The second-order valence-electron chi connectivity index (χ2n) is 6.46. The molecule has 0 radical (unpaired) electrons. The fraction of sp³-hybridized carbons (Fsp3) is 0.632. The fourth-order valence-corrected chi connectivity index (χ4v) is 3.05. The van der Waals surface area contributed by atoms with Crippen LogP contribution in [0.3, 0.4) is 0 Å². The summed E-state index contributed by atoms with van der Waals surface area (Å²) in [7, 11) is 1.71. The number of nitrogens with one attached hydrogen (secondary N) is 2. The highest BCUT2D eigenvalue weighted by atomic mass is 127. The van der Waals surface area contributed by atoms with Crippen molar-refractivity contribution in [1.82, 2.24) is 10.6 Å². The second-order valence-corrected chi connectivity index (χ2v) is 6.46. The van der Waals surface area contributed by atoms with Gasteiger partial charge in [-0.2, -0.15) is 0 Å². The molecule has 2 rings (SSSR count). The van der Waals surface area contributed by atoms with E-state index in [2.05, 4.69) is 42.7 Å². The Morgan fingerprint density at radius 3 is 2.64 bits per heavy atom. The smallest absolute Gasteiger partial charge is 0.191 e. The van der Waals surface area contributed by atoms with Crippen molar-refractivity contribution in [3.8, 4) is 5.75 Å². The zero-order valence-electron chi connectivity index (χ0n) is 15.5. The van der Waals surface area contributed by atoms with Gasteiger partial charge >= 0.3 is 0 Å². The Labute approximate surface area is 168 Å². The van der Waals surface area contributed by atoms with Gasteiger partial charge in [0.1, 0.15) is 5.75 Å². The normalized spacial score (nSPS) is 20.6. The lowest BCUT2D eigenvalue weighted by Gasteiger charge is -2.27. The average molecular weight is 461 g/mol. The number of aliphatic hydroxyl groups excluding tert-OH is 1. The van der Waals surface area contributed by atoms with E-state index in [-0.39, 0.29) is 30.1 Å². The molecule has 0 spiro atoms. The SMILES string of the molecule is CCNC(=NCCc1ccc(C)c(OC)c1)NC1CCC(O)CC1.I. The summed E-state index contributed by atoms with van der Waals surface area (Å²) in [4.78, 5) is 4.69. The molecule has 0 saturated heterocycles. The number of hydrogen-bond donors (Lipinski definition) is 3. The third-order valence-electron chi connectivity index (χ3n) is 4.52. The number of aliphatic hydroxyl groups is 1. The van der Waals surface area contributed by atoms with E-state index in [0.717, 1.165) is 62.5 Å². The highest BCUT2D eigenvalue weighted by molar-refractivity contribution is 14.0. The summed E-state index contributed by atoms with van der Waals surface area (Å²) in [6.07, 6.45) is 4.51. The lowest BCUT2D eigenvalue weighted by Crippen LogP contribution is -2.45. The molecule has 1 aromatic carbocycles. The van der Waals surface area contributed by atoms with E-state index >= 15 is 0 Å². The van der Waals surface area contributed by atoms with Crippen LogP contribution in [0.1, 0.15) is 43.7 Å². The first-order valence-electron chi connectivity index (χ1n) is 8.98. The Kier molecular flexibility index (Phi) is 10.2. The molecule has 1 saturated carbocycles.